The van der Waals surface area contributed by atoms with Crippen LogP contribution in [0.25, 0.3) is 0 Å². The van der Waals surface area contributed by atoms with Crippen LogP contribution < -0.4 is 5.73 Å². The number of aromatic nitrogens is 1. The van der Waals surface area contributed by atoms with Crippen molar-refractivity contribution in [3.05, 3.63) is 28.6 Å². The Bertz CT molecular complexity index is 396. The molecule has 0 saturated heterocycles. The Labute approximate surface area is 86.5 Å². The van der Waals surface area contributed by atoms with Gasteiger partial charge in [0.1, 0.15) is 0 Å². The highest BCUT2D eigenvalue weighted by Crippen LogP contribution is 2.27. The van der Waals surface area contributed by atoms with E-state index in [1.165, 1.54) is 6.20 Å². The number of nitrogens with two attached hydrogens (primary N) is 1. The molecule has 0 saturated carbocycles. The number of halogens is 2. The van der Waals surface area contributed by atoms with Crippen LogP contribution in [0.3, 0.4) is 0 Å². The van der Waals surface area contributed by atoms with Crippen molar-refractivity contribution in [1.82, 2.24) is 4.98 Å². The monoisotopic (exact) mass is 211 g/mol. The zero-order valence-electron chi connectivity index (χ0n) is 8.30. The number of pyridine rings is 1. The van der Waals surface area contributed by atoms with Gasteiger partial charge in [-0.1, -0.05) is 0 Å². The number of nitrogens with zero attached hydrogens (tertiary/aromatic N) is 2. The minimum absolute atomic E-state index is 0.0572. The van der Waals surface area contributed by atoms with Gasteiger partial charge >= 0.3 is 0 Å². The fourth-order valence-corrected chi connectivity index (χ4v) is 1.45. The van der Waals surface area contributed by atoms with Gasteiger partial charge in [-0.25, -0.2) is 8.78 Å². The molecule has 0 aliphatic heterocycles. The lowest BCUT2D eigenvalue weighted by molar-refractivity contribution is 0.149. The Balaban J connectivity index is 3.32. The number of rotatable bonds is 3. The summed E-state index contributed by atoms with van der Waals surface area (Å²) in [6.07, 6.45) is -1.35. The molecular formula is C10H11F2N3. The molecule has 0 atom stereocenters. The SMILES string of the molecule is Cc1c(CN)ncc(CC#N)c1C(F)F. The highest BCUT2D eigenvalue weighted by atomic mass is 19.3. The summed E-state index contributed by atoms with van der Waals surface area (Å²) in [7, 11) is 0. The smallest absolute Gasteiger partial charge is 0.264 e. The first-order valence-electron chi connectivity index (χ1n) is 4.44. The summed E-state index contributed by atoms with van der Waals surface area (Å²) >= 11 is 0. The van der Waals surface area contributed by atoms with Gasteiger partial charge in [-0.2, -0.15) is 5.26 Å². The highest BCUT2D eigenvalue weighted by molar-refractivity contribution is 5.37. The highest BCUT2D eigenvalue weighted by Gasteiger charge is 2.18. The van der Waals surface area contributed by atoms with E-state index in [1.54, 1.807) is 6.92 Å². The molecular weight excluding hydrogens is 200 g/mol. The second-order valence-corrected chi connectivity index (χ2v) is 3.11. The number of hydrogen-bond acceptors (Lipinski definition) is 3. The van der Waals surface area contributed by atoms with E-state index in [0.29, 0.717) is 11.3 Å². The van der Waals surface area contributed by atoms with E-state index in [0.717, 1.165) is 0 Å². The van der Waals surface area contributed by atoms with Crippen LogP contribution in [0.15, 0.2) is 6.20 Å². The molecule has 0 unspecified atom stereocenters. The zero-order valence-corrected chi connectivity index (χ0v) is 8.30. The van der Waals surface area contributed by atoms with Gasteiger partial charge in [0.25, 0.3) is 6.43 Å². The fraction of sp³-hybridized carbons (Fsp3) is 0.400. The standard InChI is InChI=1S/C10H11F2N3/c1-6-8(4-14)15-5-7(2-3-13)9(6)10(11)12/h5,10H,2,4,14H2,1H3. The topological polar surface area (TPSA) is 62.7 Å². The van der Waals surface area contributed by atoms with Crippen molar-refractivity contribution in [3.63, 3.8) is 0 Å². The summed E-state index contributed by atoms with van der Waals surface area (Å²) in [4.78, 5) is 3.95. The molecule has 15 heavy (non-hydrogen) atoms. The molecule has 0 bridgehead atoms. The summed E-state index contributed by atoms with van der Waals surface area (Å²) in [5.74, 6) is 0. The maximum atomic E-state index is 12.8. The van der Waals surface area contributed by atoms with Crippen molar-refractivity contribution in [1.29, 1.82) is 5.26 Å². The van der Waals surface area contributed by atoms with Gasteiger partial charge in [0.05, 0.1) is 18.2 Å². The third kappa shape index (κ3) is 2.28. The number of nitriles is 1. The molecule has 2 N–H and O–H groups in total. The van der Waals surface area contributed by atoms with Crippen LogP contribution in [0.5, 0.6) is 0 Å². The van der Waals surface area contributed by atoms with E-state index < -0.39 is 6.43 Å². The Morgan fingerprint density at radius 1 is 1.60 bits per heavy atom. The van der Waals surface area contributed by atoms with Crippen molar-refractivity contribution in [3.8, 4) is 6.07 Å². The van der Waals surface area contributed by atoms with Gasteiger partial charge in [-0.3, -0.25) is 4.98 Å². The van der Waals surface area contributed by atoms with Gasteiger partial charge in [0, 0.05) is 18.3 Å². The lowest BCUT2D eigenvalue weighted by Gasteiger charge is -2.12. The van der Waals surface area contributed by atoms with Crippen molar-refractivity contribution in [2.24, 2.45) is 5.73 Å². The van der Waals surface area contributed by atoms with Gasteiger partial charge in [-0.05, 0) is 18.1 Å². The molecule has 0 radical (unpaired) electrons. The van der Waals surface area contributed by atoms with Crippen LogP contribution in [0.2, 0.25) is 0 Å². The molecule has 1 aromatic rings. The van der Waals surface area contributed by atoms with Crippen molar-refractivity contribution >= 4 is 0 Å². The minimum atomic E-state index is -2.60. The molecule has 0 aliphatic carbocycles. The maximum absolute atomic E-state index is 12.8. The quantitative estimate of drug-likeness (QED) is 0.829. The Morgan fingerprint density at radius 3 is 2.73 bits per heavy atom. The van der Waals surface area contributed by atoms with Gasteiger partial charge in [-0.15, -0.1) is 0 Å². The second-order valence-electron chi connectivity index (χ2n) is 3.11. The summed E-state index contributed by atoms with van der Waals surface area (Å²) in [5.41, 5.74) is 6.39. The molecule has 0 aliphatic rings. The largest absolute Gasteiger partial charge is 0.325 e. The van der Waals surface area contributed by atoms with Crippen LogP contribution in [0.1, 0.15) is 28.8 Å². The molecule has 0 spiro atoms. The third-order valence-corrected chi connectivity index (χ3v) is 2.24. The minimum Gasteiger partial charge on any atom is -0.325 e. The van der Waals surface area contributed by atoms with Gasteiger partial charge in [0.2, 0.25) is 0 Å². The Kier molecular flexibility index (Phi) is 3.69. The normalized spacial score (nSPS) is 10.4. The van der Waals surface area contributed by atoms with E-state index in [1.807, 2.05) is 6.07 Å². The van der Waals surface area contributed by atoms with Crippen LogP contribution >= 0.6 is 0 Å². The second kappa shape index (κ2) is 4.80. The van der Waals surface area contributed by atoms with Crippen LogP contribution in [-0.2, 0) is 13.0 Å². The Hall–Kier alpha value is -1.54. The molecule has 1 aromatic heterocycles. The lowest BCUT2D eigenvalue weighted by atomic mass is 10.0. The predicted molar refractivity (Wildman–Crippen MR) is 51.1 cm³/mol. The lowest BCUT2D eigenvalue weighted by Crippen LogP contribution is -2.08. The van der Waals surface area contributed by atoms with Crippen molar-refractivity contribution < 1.29 is 8.78 Å². The molecule has 0 fully saturated rings. The first kappa shape index (κ1) is 11.5. The number of hydrogen-bond donors (Lipinski definition) is 1. The average molecular weight is 211 g/mol. The zero-order chi connectivity index (χ0) is 11.4. The predicted octanol–water partition coefficient (Wildman–Crippen LogP) is 1.85. The van der Waals surface area contributed by atoms with Crippen molar-refractivity contribution in [2.75, 3.05) is 0 Å². The van der Waals surface area contributed by atoms with Crippen LogP contribution in [-0.4, -0.2) is 4.98 Å². The van der Waals surface area contributed by atoms with Crippen LogP contribution in [0.4, 0.5) is 8.78 Å². The van der Waals surface area contributed by atoms with Gasteiger partial charge in [0.15, 0.2) is 0 Å². The van der Waals surface area contributed by atoms with E-state index in [9.17, 15) is 8.78 Å². The third-order valence-electron chi connectivity index (χ3n) is 2.24. The van der Waals surface area contributed by atoms with E-state index in [4.69, 9.17) is 11.0 Å². The number of alkyl halides is 2. The molecule has 3 nitrogen and oxygen atoms in total. The molecule has 0 aromatic carbocycles. The molecule has 1 rings (SSSR count). The summed E-state index contributed by atoms with van der Waals surface area (Å²) in [6, 6.07) is 1.84. The van der Waals surface area contributed by atoms with Gasteiger partial charge < -0.3 is 5.73 Å². The maximum Gasteiger partial charge on any atom is 0.264 e. The summed E-state index contributed by atoms with van der Waals surface area (Å²) < 4.78 is 25.5. The fourth-order valence-electron chi connectivity index (χ4n) is 1.45. The molecule has 5 heteroatoms. The van der Waals surface area contributed by atoms with E-state index >= 15 is 0 Å². The first-order valence-corrected chi connectivity index (χ1v) is 4.44. The van der Waals surface area contributed by atoms with Crippen molar-refractivity contribution in [2.45, 2.75) is 26.3 Å². The average Bonchev–Trinajstić information content (AvgIpc) is 2.18. The molecule has 0 amide bonds. The van der Waals surface area contributed by atoms with E-state index in [-0.39, 0.29) is 24.1 Å². The summed E-state index contributed by atoms with van der Waals surface area (Å²) in [5, 5.41) is 8.50. The van der Waals surface area contributed by atoms with Crippen LogP contribution in [0, 0.1) is 18.3 Å². The summed E-state index contributed by atoms with van der Waals surface area (Å²) in [6.45, 7) is 1.68. The first-order chi connectivity index (χ1) is 7.11. The Morgan fingerprint density at radius 2 is 2.27 bits per heavy atom. The molecule has 80 valence electrons. The van der Waals surface area contributed by atoms with E-state index in [2.05, 4.69) is 4.98 Å². The molecule has 1 heterocycles.